The second-order valence-corrected chi connectivity index (χ2v) is 11.0. The van der Waals surface area contributed by atoms with E-state index in [1.165, 1.54) is 82.0 Å². The number of aryl methyl sites for hydroxylation is 1. The molecule has 0 saturated carbocycles. The number of fused-ring (bicyclic) bond motifs is 4. The first-order valence-corrected chi connectivity index (χ1v) is 14.3. The zero-order valence-corrected chi connectivity index (χ0v) is 22.9. The molecule has 0 aliphatic carbocycles. The SMILES string of the molecule is Cc1ccc2c(-c3ccccc3)c3ccccc3c(-c3ccc(-c4ccc5ccccc5c4)c4ccccc34)c2c1. The van der Waals surface area contributed by atoms with Crippen molar-refractivity contribution in [1.29, 1.82) is 0 Å². The Labute approximate surface area is 240 Å². The quantitative estimate of drug-likeness (QED) is 0.203. The highest BCUT2D eigenvalue weighted by molar-refractivity contribution is 6.24. The van der Waals surface area contributed by atoms with Crippen molar-refractivity contribution in [3.63, 3.8) is 0 Å². The molecule has 0 unspecified atom stereocenters. The largest absolute Gasteiger partial charge is 0.0622 e. The lowest BCUT2D eigenvalue weighted by molar-refractivity contribution is 1.51. The van der Waals surface area contributed by atoms with Gasteiger partial charge >= 0.3 is 0 Å². The van der Waals surface area contributed by atoms with E-state index in [-0.39, 0.29) is 0 Å². The standard InChI is InChI=1S/C41H28/c1-27-19-22-38-39(25-27)41(36-18-10-9-17-35(36)40(38)29-12-3-2-4-13-29)37-24-23-32(33-15-7-8-16-34(33)37)31-21-20-28-11-5-6-14-30(28)26-31/h2-26H,1H3. The molecule has 0 aliphatic heterocycles. The summed E-state index contributed by atoms with van der Waals surface area (Å²) in [7, 11) is 0. The summed E-state index contributed by atoms with van der Waals surface area (Å²) in [5.41, 5.74) is 8.91. The second-order valence-electron chi connectivity index (χ2n) is 11.0. The van der Waals surface area contributed by atoms with Gasteiger partial charge in [0.25, 0.3) is 0 Å². The van der Waals surface area contributed by atoms with Crippen molar-refractivity contribution in [1.82, 2.24) is 0 Å². The maximum Gasteiger partial charge on any atom is -0.00200 e. The van der Waals surface area contributed by atoms with Gasteiger partial charge in [-0.15, -0.1) is 0 Å². The van der Waals surface area contributed by atoms with Gasteiger partial charge in [-0.25, -0.2) is 0 Å². The predicted octanol–water partition coefficient (Wildman–Crippen LogP) is 11.6. The molecule has 0 heteroatoms. The van der Waals surface area contributed by atoms with E-state index in [1.807, 2.05) is 0 Å². The lowest BCUT2D eigenvalue weighted by atomic mass is 9.83. The fourth-order valence-corrected chi connectivity index (χ4v) is 6.62. The zero-order chi connectivity index (χ0) is 27.3. The molecule has 0 aromatic heterocycles. The lowest BCUT2D eigenvalue weighted by Gasteiger charge is -2.20. The average Bonchev–Trinajstić information content (AvgIpc) is 3.03. The number of benzene rings is 8. The topological polar surface area (TPSA) is 0 Å². The monoisotopic (exact) mass is 520 g/mol. The molecule has 0 heterocycles. The van der Waals surface area contributed by atoms with E-state index in [1.54, 1.807) is 0 Å². The first-order valence-electron chi connectivity index (χ1n) is 14.3. The van der Waals surface area contributed by atoms with Crippen LogP contribution in [-0.4, -0.2) is 0 Å². The molecule has 41 heavy (non-hydrogen) atoms. The highest BCUT2D eigenvalue weighted by Gasteiger charge is 2.19. The number of hydrogen-bond donors (Lipinski definition) is 0. The first-order chi connectivity index (χ1) is 20.3. The Kier molecular flexibility index (Phi) is 5.47. The predicted molar refractivity (Wildman–Crippen MR) is 178 cm³/mol. The summed E-state index contributed by atoms with van der Waals surface area (Å²) >= 11 is 0. The zero-order valence-electron chi connectivity index (χ0n) is 22.9. The van der Waals surface area contributed by atoms with Crippen LogP contribution >= 0.6 is 0 Å². The van der Waals surface area contributed by atoms with Crippen LogP contribution in [0, 0.1) is 6.92 Å². The van der Waals surface area contributed by atoms with E-state index in [0.717, 1.165) is 0 Å². The summed E-state index contributed by atoms with van der Waals surface area (Å²) in [4.78, 5) is 0. The number of hydrogen-bond acceptors (Lipinski definition) is 0. The molecule has 0 aliphatic rings. The molecule has 192 valence electrons. The van der Waals surface area contributed by atoms with Gasteiger partial charge in [0.1, 0.15) is 0 Å². The molecular formula is C41H28. The minimum Gasteiger partial charge on any atom is -0.0622 e. The minimum absolute atomic E-state index is 1.25. The Hall–Kier alpha value is -5.20. The van der Waals surface area contributed by atoms with Gasteiger partial charge in [-0.2, -0.15) is 0 Å². The average molecular weight is 521 g/mol. The molecule has 0 spiro atoms. The molecule has 0 nitrogen and oxygen atoms in total. The van der Waals surface area contributed by atoms with Crippen molar-refractivity contribution < 1.29 is 0 Å². The van der Waals surface area contributed by atoms with E-state index in [0.29, 0.717) is 0 Å². The molecule has 0 atom stereocenters. The van der Waals surface area contributed by atoms with Crippen molar-refractivity contribution in [2.75, 3.05) is 0 Å². The number of rotatable bonds is 3. The maximum absolute atomic E-state index is 2.37. The van der Waals surface area contributed by atoms with E-state index in [9.17, 15) is 0 Å². The Morgan fingerprint density at radius 3 is 1.68 bits per heavy atom. The van der Waals surface area contributed by atoms with Crippen LogP contribution in [0.3, 0.4) is 0 Å². The third kappa shape index (κ3) is 3.84. The van der Waals surface area contributed by atoms with Crippen LogP contribution in [0.2, 0.25) is 0 Å². The van der Waals surface area contributed by atoms with Crippen molar-refractivity contribution in [2.24, 2.45) is 0 Å². The van der Waals surface area contributed by atoms with Gasteiger partial charge in [0.2, 0.25) is 0 Å². The summed E-state index contributed by atoms with van der Waals surface area (Å²) < 4.78 is 0. The molecule has 0 saturated heterocycles. The highest BCUT2D eigenvalue weighted by Crippen LogP contribution is 2.46. The van der Waals surface area contributed by atoms with Crippen LogP contribution in [0.4, 0.5) is 0 Å². The van der Waals surface area contributed by atoms with Crippen molar-refractivity contribution in [2.45, 2.75) is 6.92 Å². The Morgan fingerprint density at radius 2 is 0.902 bits per heavy atom. The van der Waals surface area contributed by atoms with E-state index in [2.05, 4.69) is 159 Å². The van der Waals surface area contributed by atoms with Gasteiger partial charge < -0.3 is 0 Å². The third-order valence-electron chi connectivity index (χ3n) is 8.50. The molecule has 8 aromatic rings. The smallest absolute Gasteiger partial charge is 0.00200 e. The van der Waals surface area contributed by atoms with Gasteiger partial charge in [-0.1, -0.05) is 151 Å². The molecule has 8 rings (SSSR count). The summed E-state index contributed by atoms with van der Waals surface area (Å²) in [6.07, 6.45) is 0. The molecule has 0 radical (unpaired) electrons. The van der Waals surface area contributed by atoms with Gasteiger partial charge in [-0.3, -0.25) is 0 Å². The normalized spacial score (nSPS) is 11.5. The molecule has 0 fully saturated rings. The van der Waals surface area contributed by atoms with Crippen molar-refractivity contribution in [3.8, 4) is 33.4 Å². The van der Waals surface area contributed by atoms with E-state index >= 15 is 0 Å². The van der Waals surface area contributed by atoms with Gasteiger partial charge in [-0.05, 0) is 89.5 Å². The molecular weight excluding hydrogens is 492 g/mol. The summed E-state index contributed by atoms with van der Waals surface area (Å²) in [6.45, 7) is 2.20. The lowest BCUT2D eigenvalue weighted by Crippen LogP contribution is -1.93. The fourth-order valence-electron chi connectivity index (χ4n) is 6.62. The van der Waals surface area contributed by atoms with E-state index in [4.69, 9.17) is 0 Å². The van der Waals surface area contributed by atoms with Crippen LogP contribution < -0.4 is 0 Å². The summed E-state index contributed by atoms with van der Waals surface area (Å²) in [5, 5.41) is 10.2. The molecule has 0 N–H and O–H groups in total. The van der Waals surface area contributed by atoms with Crippen LogP contribution in [0.1, 0.15) is 5.56 Å². The fraction of sp³-hybridized carbons (Fsp3) is 0.0244. The third-order valence-corrected chi connectivity index (χ3v) is 8.50. The van der Waals surface area contributed by atoms with Crippen LogP contribution in [0.25, 0.3) is 76.5 Å². The van der Waals surface area contributed by atoms with Gasteiger partial charge in [0, 0.05) is 0 Å². The first kappa shape index (κ1) is 23.7. The van der Waals surface area contributed by atoms with Crippen molar-refractivity contribution >= 4 is 43.1 Å². The van der Waals surface area contributed by atoms with Crippen LogP contribution in [-0.2, 0) is 0 Å². The Bertz CT molecular complexity index is 2250. The molecule has 0 amide bonds. The maximum atomic E-state index is 2.37. The molecule has 8 aromatic carbocycles. The molecule has 0 bridgehead atoms. The summed E-state index contributed by atoms with van der Waals surface area (Å²) in [6, 6.07) is 55.6. The Balaban J connectivity index is 1.47. The van der Waals surface area contributed by atoms with Crippen LogP contribution in [0.15, 0.2) is 152 Å². The van der Waals surface area contributed by atoms with Gasteiger partial charge in [0.15, 0.2) is 0 Å². The highest BCUT2D eigenvalue weighted by atomic mass is 14.2. The van der Waals surface area contributed by atoms with Crippen LogP contribution in [0.5, 0.6) is 0 Å². The summed E-state index contributed by atoms with van der Waals surface area (Å²) in [5.74, 6) is 0. The van der Waals surface area contributed by atoms with Gasteiger partial charge in [0.05, 0.1) is 0 Å². The van der Waals surface area contributed by atoms with Crippen molar-refractivity contribution in [3.05, 3.63) is 157 Å². The second kappa shape index (κ2) is 9.47. The Morgan fingerprint density at radius 1 is 0.317 bits per heavy atom. The minimum atomic E-state index is 1.25. The van der Waals surface area contributed by atoms with E-state index < -0.39 is 0 Å².